The highest BCUT2D eigenvalue weighted by atomic mass is 35.5. The number of nitrogens with one attached hydrogen (secondary N) is 1. The summed E-state index contributed by atoms with van der Waals surface area (Å²) >= 11 is 6.68. The van der Waals surface area contributed by atoms with E-state index >= 15 is 0 Å². The van der Waals surface area contributed by atoms with Gasteiger partial charge in [-0.2, -0.15) is 5.26 Å². The Labute approximate surface area is 134 Å². The standard InChI is InChI=1S/C14H8ClN3O3S/c15-7-2-3-9-8(6-7)10(11-12(19)17-14(21)22-11)13(20)18(9)5-1-4-16/h2-3,6H,1,5H2,(H,17,19,21)/b11-10-. The lowest BCUT2D eigenvalue weighted by molar-refractivity contribution is -0.116. The van der Waals surface area contributed by atoms with Crippen LogP contribution in [0.1, 0.15) is 12.0 Å². The first-order valence-corrected chi connectivity index (χ1v) is 7.48. The molecule has 0 unspecified atom stereocenters. The van der Waals surface area contributed by atoms with Gasteiger partial charge in [-0.15, -0.1) is 0 Å². The van der Waals surface area contributed by atoms with Gasteiger partial charge in [0.05, 0.1) is 28.7 Å². The Morgan fingerprint density at radius 2 is 2.09 bits per heavy atom. The predicted octanol–water partition coefficient (Wildman–Crippen LogP) is 2.29. The zero-order valence-corrected chi connectivity index (χ0v) is 12.6. The second-order valence-electron chi connectivity index (χ2n) is 4.57. The average Bonchev–Trinajstić information content (AvgIpc) is 2.92. The molecule has 1 fully saturated rings. The highest BCUT2D eigenvalue weighted by Crippen LogP contribution is 2.43. The molecule has 2 aliphatic rings. The normalized spacial score (nSPS) is 20.2. The quantitative estimate of drug-likeness (QED) is 0.839. The van der Waals surface area contributed by atoms with Gasteiger partial charge in [0.1, 0.15) is 0 Å². The van der Waals surface area contributed by atoms with E-state index in [1.807, 2.05) is 6.07 Å². The molecule has 0 spiro atoms. The molecule has 0 aromatic heterocycles. The number of hydrogen-bond acceptors (Lipinski definition) is 5. The molecule has 2 aliphatic heterocycles. The molecular weight excluding hydrogens is 326 g/mol. The fourth-order valence-corrected chi connectivity index (χ4v) is 3.33. The molecule has 6 nitrogen and oxygen atoms in total. The maximum absolute atomic E-state index is 12.6. The molecule has 3 amide bonds. The molecule has 1 aromatic carbocycles. The summed E-state index contributed by atoms with van der Waals surface area (Å²) < 4.78 is 0. The minimum absolute atomic E-state index is 0.0676. The lowest BCUT2D eigenvalue weighted by atomic mass is 10.1. The van der Waals surface area contributed by atoms with Gasteiger partial charge in [-0.3, -0.25) is 19.7 Å². The molecule has 110 valence electrons. The van der Waals surface area contributed by atoms with Crippen molar-refractivity contribution in [1.29, 1.82) is 5.26 Å². The second-order valence-corrected chi connectivity index (χ2v) is 5.99. The molecule has 3 rings (SSSR count). The number of rotatable bonds is 2. The fraction of sp³-hybridized carbons (Fsp3) is 0.143. The van der Waals surface area contributed by atoms with Gasteiger partial charge in [-0.05, 0) is 30.0 Å². The molecule has 0 radical (unpaired) electrons. The van der Waals surface area contributed by atoms with Gasteiger partial charge in [-0.25, -0.2) is 0 Å². The van der Waals surface area contributed by atoms with Crippen molar-refractivity contribution >= 4 is 51.7 Å². The third-order valence-corrected chi connectivity index (χ3v) is 4.38. The van der Waals surface area contributed by atoms with Crippen molar-refractivity contribution in [2.75, 3.05) is 11.4 Å². The summed E-state index contributed by atoms with van der Waals surface area (Å²) in [6.45, 7) is 0.209. The molecule has 1 saturated heterocycles. The number of hydrogen-bond donors (Lipinski definition) is 1. The van der Waals surface area contributed by atoms with Crippen LogP contribution in [0.15, 0.2) is 23.1 Å². The Morgan fingerprint density at radius 3 is 2.73 bits per heavy atom. The number of halogens is 1. The smallest absolute Gasteiger partial charge is 0.290 e. The molecule has 1 aromatic rings. The number of benzene rings is 1. The van der Waals surface area contributed by atoms with Gasteiger partial charge in [0.15, 0.2) is 0 Å². The number of amides is 3. The number of fused-ring (bicyclic) bond motifs is 1. The Kier molecular flexibility index (Phi) is 3.64. The maximum atomic E-state index is 12.6. The second kappa shape index (κ2) is 5.48. The van der Waals surface area contributed by atoms with Crippen LogP contribution in [0.2, 0.25) is 5.02 Å². The summed E-state index contributed by atoms with van der Waals surface area (Å²) in [4.78, 5) is 37.4. The van der Waals surface area contributed by atoms with Crippen LogP contribution >= 0.6 is 23.4 Å². The number of thioether (sulfide) groups is 1. The summed E-state index contributed by atoms with van der Waals surface area (Å²) in [5.74, 6) is -0.994. The topological polar surface area (TPSA) is 90.3 Å². The summed E-state index contributed by atoms with van der Waals surface area (Å²) in [5.41, 5.74) is 1.24. The number of carbonyl (C=O) groups is 3. The number of imide groups is 1. The molecule has 22 heavy (non-hydrogen) atoms. The Morgan fingerprint density at radius 1 is 1.32 bits per heavy atom. The third-order valence-electron chi connectivity index (χ3n) is 3.27. The Hall–Kier alpha value is -2.30. The number of nitriles is 1. The Bertz CT molecular complexity index is 797. The van der Waals surface area contributed by atoms with Gasteiger partial charge in [0, 0.05) is 17.1 Å². The van der Waals surface area contributed by atoms with E-state index < -0.39 is 17.1 Å². The molecule has 0 aliphatic carbocycles. The van der Waals surface area contributed by atoms with E-state index in [-0.39, 0.29) is 23.4 Å². The van der Waals surface area contributed by atoms with Gasteiger partial charge in [0.2, 0.25) is 0 Å². The predicted molar refractivity (Wildman–Crippen MR) is 82.1 cm³/mol. The highest BCUT2D eigenvalue weighted by molar-refractivity contribution is 8.18. The minimum Gasteiger partial charge on any atom is -0.307 e. The van der Waals surface area contributed by atoms with Gasteiger partial charge < -0.3 is 4.90 Å². The van der Waals surface area contributed by atoms with Crippen LogP contribution in [0.25, 0.3) is 5.57 Å². The first-order valence-electron chi connectivity index (χ1n) is 6.29. The van der Waals surface area contributed by atoms with Crippen LogP contribution in [-0.4, -0.2) is 23.6 Å². The first-order chi connectivity index (χ1) is 10.5. The highest BCUT2D eigenvalue weighted by Gasteiger charge is 2.39. The fourth-order valence-electron chi connectivity index (χ4n) is 2.39. The van der Waals surface area contributed by atoms with E-state index in [0.717, 1.165) is 0 Å². The summed E-state index contributed by atoms with van der Waals surface area (Å²) in [7, 11) is 0. The van der Waals surface area contributed by atoms with E-state index in [0.29, 0.717) is 28.0 Å². The molecule has 0 atom stereocenters. The van der Waals surface area contributed by atoms with E-state index in [2.05, 4.69) is 5.32 Å². The summed E-state index contributed by atoms with van der Waals surface area (Å²) in [6, 6.07) is 6.87. The van der Waals surface area contributed by atoms with Crippen LogP contribution in [0.5, 0.6) is 0 Å². The van der Waals surface area contributed by atoms with Crippen LogP contribution < -0.4 is 10.2 Å². The SMILES string of the molecule is N#CCCN1C(=O)/C(=C2\SC(=O)NC2=O)c2cc(Cl)ccc21. The molecule has 0 saturated carbocycles. The maximum Gasteiger partial charge on any atom is 0.290 e. The van der Waals surface area contributed by atoms with Gasteiger partial charge in [-0.1, -0.05) is 11.6 Å². The van der Waals surface area contributed by atoms with Crippen LogP contribution in [0.4, 0.5) is 10.5 Å². The molecule has 2 heterocycles. The summed E-state index contributed by atoms with van der Waals surface area (Å²) in [5, 5.41) is 10.8. The number of carbonyl (C=O) groups excluding carboxylic acids is 3. The monoisotopic (exact) mass is 333 g/mol. The van der Waals surface area contributed by atoms with E-state index in [9.17, 15) is 14.4 Å². The van der Waals surface area contributed by atoms with Crippen LogP contribution in [0.3, 0.4) is 0 Å². The van der Waals surface area contributed by atoms with Gasteiger partial charge >= 0.3 is 0 Å². The van der Waals surface area contributed by atoms with E-state index in [1.165, 1.54) is 4.90 Å². The number of anilines is 1. The first kappa shape index (κ1) is 14.6. The van der Waals surface area contributed by atoms with Gasteiger partial charge in [0.25, 0.3) is 17.1 Å². The van der Waals surface area contributed by atoms with Crippen molar-refractivity contribution in [2.24, 2.45) is 0 Å². The van der Waals surface area contributed by atoms with Crippen molar-refractivity contribution in [3.8, 4) is 6.07 Å². The third kappa shape index (κ3) is 2.26. The van der Waals surface area contributed by atoms with Crippen LogP contribution in [0, 0.1) is 11.3 Å². The van der Waals surface area contributed by atoms with Crippen molar-refractivity contribution < 1.29 is 14.4 Å². The zero-order valence-electron chi connectivity index (χ0n) is 11.1. The van der Waals surface area contributed by atoms with Crippen molar-refractivity contribution in [3.63, 3.8) is 0 Å². The van der Waals surface area contributed by atoms with Crippen molar-refractivity contribution in [1.82, 2.24) is 5.32 Å². The molecular formula is C14H8ClN3O3S. The van der Waals surface area contributed by atoms with E-state index in [1.54, 1.807) is 18.2 Å². The number of nitrogens with zero attached hydrogens (tertiary/aromatic N) is 2. The summed E-state index contributed by atoms with van der Waals surface area (Å²) in [6.07, 6.45) is 0.161. The largest absolute Gasteiger partial charge is 0.307 e. The molecule has 8 heteroatoms. The Balaban J connectivity index is 2.17. The average molecular weight is 334 g/mol. The van der Waals surface area contributed by atoms with E-state index in [4.69, 9.17) is 16.9 Å². The van der Waals surface area contributed by atoms with Crippen molar-refractivity contribution in [2.45, 2.75) is 6.42 Å². The van der Waals surface area contributed by atoms with Crippen LogP contribution in [-0.2, 0) is 9.59 Å². The lowest BCUT2D eigenvalue weighted by Crippen LogP contribution is -2.28. The zero-order chi connectivity index (χ0) is 15.9. The minimum atomic E-state index is -0.591. The van der Waals surface area contributed by atoms with Crippen molar-refractivity contribution in [3.05, 3.63) is 33.7 Å². The molecule has 0 bridgehead atoms. The molecule has 1 N–H and O–H groups in total. The lowest BCUT2D eigenvalue weighted by Gasteiger charge is -2.14.